The first-order chi connectivity index (χ1) is 4.50. The largest absolute Gasteiger partial charge is 0.495 e. The van der Waals surface area contributed by atoms with Crippen molar-refractivity contribution in [2.45, 2.75) is 40.2 Å². The molecule has 1 rings (SSSR count). The summed E-state index contributed by atoms with van der Waals surface area (Å²) in [5, 5.41) is 0. The molecule has 0 amide bonds. The third-order valence-electron chi connectivity index (χ3n) is 1.70. The molecule has 0 aromatic heterocycles. The van der Waals surface area contributed by atoms with Gasteiger partial charge < -0.3 is 4.74 Å². The third kappa shape index (κ3) is 1.53. The molecule has 58 valence electrons. The SMILES string of the molecule is CC1CC=C(C(C)(C)C)O1. The van der Waals surface area contributed by atoms with Crippen molar-refractivity contribution in [3.05, 3.63) is 11.8 Å². The van der Waals surface area contributed by atoms with Gasteiger partial charge in [-0.1, -0.05) is 20.8 Å². The lowest BCUT2D eigenvalue weighted by molar-refractivity contribution is 0.116. The summed E-state index contributed by atoms with van der Waals surface area (Å²) in [6.07, 6.45) is 3.67. The quantitative estimate of drug-likeness (QED) is 0.502. The molecule has 1 aliphatic rings. The summed E-state index contributed by atoms with van der Waals surface area (Å²) in [5.74, 6) is 1.15. The molecule has 10 heavy (non-hydrogen) atoms. The van der Waals surface area contributed by atoms with Gasteiger partial charge in [0.25, 0.3) is 0 Å². The van der Waals surface area contributed by atoms with E-state index in [1.54, 1.807) is 0 Å². The van der Waals surface area contributed by atoms with Crippen LogP contribution in [0.5, 0.6) is 0 Å². The Morgan fingerprint density at radius 1 is 1.50 bits per heavy atom. The molecule has 0 saturated heterocycles. The zero-order valence-electron chi connectivity index (χ0n) is 7.27. The van der Waals surface area contributed by atoms with E-state index in [0.29, 0.717) is 6.10 Å². The normalized spacial score (nSPS) is 26.0. The van der Waals surface area contributed by atoms with Gasteiger partial charge in [-0.05, 0) is 13.0 Å². The first kappa shape index (κ1) is 7.64. The molecule has 1 nitrogen and oxygen atoms in total. The average molecular weight is 140 g/mol. The van der Waals surface area contributed by atoms with E-state index in [0.717, 1.165) is 12.2 Å². The molecule has 0 N–H and O–H groups in total. The van der Waals surface area contributed by atoms with Crippen molar-refractivity contribution in [2.24, 2.45) is 5.41 Å². The summed E-state index contributed by atoms with van der Waals surface area (Å²) >= 11 is 0. The van der Waals surface area contributed by atoms with Crippen LogP contribution in [0.2, 0.25) is 0 Å². The maximum atomic E-state index is 5.59. The molecule has 1 atom stereocenters. The van der Waals surface area contributed by atoms with Gasteiger partial charge in [-0.3, -0.25) is 0 Å². The Hall–Kier alpha value is -0.460. The van der Waals surface area contributed by atoms with Crippen molar-refractivity contribution >= 4 is 0 Å². The second-order valence-corrected chi connectivity index (χ2v) is 3.98. The predicted molar refractivity (Wildman–Crippen MR) is 42.7 cm³/mol. The van der Waals surface area contributed by atoms with Gasteiger partial charge in [0.05, 0.1) is 11.9 Å². The highest BCUT2D eigenvalue weighted by atomic mass is 16.5. The van der Waals surface area contributed by atoms with Gasteiger partial charge in [0.2, 0.25) is 0 Å². The number of hydrogen-bond donors (Lipinski definition) is 0. The molecule has 1 heteroatoms. The van der Waals surface area contributed by atoms with E-state index in [1.165, 1.54) is 0 Å². The summed E-state index contributed by atoms with van der Waals surface area (Å²) in [6, 6.07) is 0. The van der Waals surface area contributed by atoms with E-state index in [1.807, 2.05) is 0 Å². The highest BCUT2D eigenvalue weighted by Crippen LogP contribution is 2.32. The van der Waals surface area contributed by atoms with Crippen molar-refractivity contribution in [3.63, 3.8) is 0 Å². The third-order valence-corrected chi connectivity index (χ3v) is 1.70. The van der Waals surface area contributed by atoms with E-state index < -0.39 is 0 Å². The Bertz CT molecular complexity index is 151. The van der Waals surface area contributed by atoms with Crippen molar-refractivity contribution < 1.29 is 4.74 Å². The molecule has 0 aromatic rings. The van der Waals surface area contributed by atoms with Crippen molar-refractivity contribution in [1.29, 1.82) is 0 Å². The van der Waals surface area contributed by atoms with Crippen LogP contribution in [-0.2, 0) is 4.74 Å². The second-order valence-electron chi connectivity index (χ2n) is 3.98. The van der Waals surface area contributed by atoms with E-state index in [4.69, 9.17) is 4.74 Å². The highest BCUT2D eigenvalue weighted by molar-refractivity contribution is 5.08. The topological polar surface area (TPSA) is 9.23 Å². The molecule has 0 spiro atoms. The maximum absolute atomic E-state index is 5.59. The molecule has 0 radical (unpaired) electrons. The van der Waals surface area contributed by atoms with Crippen LogP contribution in [0, 0.1) is 5.41 Å². The summed E-state index contributed by atoms with van der Waals surface area (Å²) in [5.41, 5.74) is 0.199. The molecule has 0 fully saturated rings. The van der Waals surface area contributed by atoms with Crippen molar-refractivity contribution in [1.82, 2.24) is 0 Å². The Balaban J connectivity index is 2.60. The number of rotatable bonds is 0. The molecule has 1 aliphatic heterocycles. The Labute approximate surface area is 63.1 Å². The minimum atomic E-state index is 0.199. The van der Waals surface area contributed by atoms with Crippen molar-refractivity contribution in [2.75, 3.05) is 0 Å². The van der Waals surface area contributed by atoms with Gasteiger partial charge >= 0.3 is 0 Å². The standard InChI is InChI=1S/C9H16O/c1-7-5-6-8(10-7)9(2,3)4/h6-7H,5H2,1-4H3. The fourth-order valence-electron chi connectivity index (χ4n) is 1.07. The molecule has 0 saturated carbocycles. The molecular formula is C9H16O. The van der Waals surface area contributed by atoms with E-state index in [2.05, 4.69) is 33.8 Å². The fourth-order valence-corrected chi connectivity index (χ4v) is 1.07. The van der Waals surface area contributed by atoms with Crippen LogP contribution in [0.3, 0.4) is 0 Å². The number of hydrogen-bond acceptors (Lipinski definition) is 1. The van der Waals surface area contributed by atoms with E-state index in [9.17, 15) is 0 Å². The zero-order valence-corrected chi connectivity index (χ0v) is 7.27. The molecule has 0 bridgehead atoms. The second kappa shape index (κ2) is 2.30. The van der Waals surface area contributed by atoms with Gasteiger partial charge in [-0.25, -0.2) is 0 Å². The molecule has 0 aliphatic carbocycles. The van der Waals surface area contributed by atoms with Crippen LogP contribution < -0.4 is 0 Å². The zero-order chi connectivity index (χ0) is 7.78. The monoisotopic (exact) mass is 140 g/mol. The first-order valence-electron chi connectivity index (χ1n) is 3.87. The molecular weight excluding hydrogens is 124 g/mol. The predicted octanol–water partition coefficient (Wildman–Crippen LogP) is 2.73. The lowest BCUT2D eigenvalue weighted by atomic mass is 9.94. The smallest absolute Gasteiger partial charge is 0.0990 e. The summed E-state index contributed by atoms with van der Waals surface area (Å²) < 4.78 is 5.59. The van der Waals surface area contributed by atoms with E-state index >= 15 is 0 Å². The number of ether oxygens (including phenoxy) is 1. The minimum Gasteiger partial charge on any atom is -0.495 e. The van der Waals surface area contributed by atoms with Gasteiger partial charge in [-0.2, -0.15) is 0 Å². The summed E-state index contributed by atoms with van der Waals surface area (Å²) in [4.78, 5) is 0. The Kier molecular flexibility index (Phi) is 1.76. The Morgan fingerprint density at radius 2 is 2.10 bits per heavy atom. The van der Waals surface area contributed by atoms with Crippen LogP contribution in [0.4, 0.5) is 0 Å². The van der Waals surface area contributed by atoms with Crippen molar-refractivity contribution in [3.8, 4) is 0 Å². The van der Waals surface area contributed by atoms with Gasteiger partial charge in [0, 0.05) is 11.8 Å². The summed E-state index contributed by atoms with van der Waals surface area (Å²) in [7, 11) is 0. The number of allylic oxidation sites excluding steroid dienone is 1. The lowest BCUT2D eigenvalue weighted by Gasteiger charge is -2.21. The maximum Gasteiger partial charge on any atom is 0.0990 e. The van der Waals surface area contributed by atoms with Crippen LogP contribution >= 0.6 is 0 Å². The summed E-state index contributed by atoms with van der Waals surface area (Å²) in [6.45, 7) is 8.64. The van der Waals surface area contributed by atoms with Crippen LogP contribution in [0.25, 0.3) is 0 Å². The van der Waals surface area contributed by atoms with Gasteiger partial charge in [0.1, 0.15) is 0 Å². The first-order valence-corrected chi connectivity index (χ1v) is 3.87. The fraction of sp³-hybridized carbons (Fsp3) is 0.778. The average Bonchev–Trinajstić information content (AvgIpc) is 2.11. The van der Waals surface area contributed by atoms with Crippen LogP contribution in [0.15, 0.2) is 11.8 Å². The minimum absolute atomic E-state index is 0.199. The lowest BCUT2D eigenvalue weighted by Crippen LogP contribution is -2.11. The van der Waals surface area contributed by atoms with Crippen LogP contribution in [-0.4, -0.2) is 6.10 Å². The van der Waals surface area contributed by atoms with E-state index in [-0.39, 0.29) is 5.41 Å². The Morgan fingerprint density at radius 3 is 2.30 bits per heavy atom. The molecule has 0 aromatic carbocycles. The highest BCUT2D eigenvalue weighted by Gasteiger charge is 2.24. The molecule has 1 heterocycles. The van der Waals surface area contributed by atoms with Crippen LogP contribution in [0.1, 0.15) is 34.1 Å². The van der Waals surface area contributed by atoms with Gasteiger partial charge in [-0.15, -0.1) is 0 Å². The van der Waals surface area contributed by atoms with Gasteiger partial charge in [0.15, 0.2) is 0 Å². The molecule has 1 unspecified atom stereocenters.